The first-order valence-electron chi connectivity index (χ1n) is 9.11. The summed E-state index contributed by atoms with van der Waals surface area (Å²) < 4.78 is 33.7. The summed E-state index contributed by atoms with van der Waals surface area (Å²) in [6, 6.07) is 6.92. The van der Waals surface area contributed by atoms with Crippen molar-refractivity contribution < 1.29 is 33.1 Å². The Hall–Kier alpha value is -2.43. The summed E-state index contributed by atoms with van der Waals surface area (Å²) in [5.41, 5.74) is -0.795. The average Bonchev–Trinajstić information content (AvgIpc) is 3.10. The number of nitrogens with one attached hydrogen (secondary N) is 1. The maximum absolute atomic E-state index is 12.2. The van der Waals surface area contributed by atoms with E-state index in [0.717, 1.165) is 0 Å². The summed E-state index contributed by atoms with van der Waals surface area (Å²) in [5.74, 6) is 0.918. The molecule has 0 aliphatic carbocycles. The number of nitrogens with zero attached hydrogens (tertiary/aromatic N) is 1. The van der Waals surface area contributed by atoms with Crippen molar-refractivity contribution in [3.8, 4) is 11.5 Å². The number of phosphoric ester groups is 1. The Balaban J connectivity index is 1.75. The Morgan fingerprint density at radius 2 is 1.87 bits per heavy atom. The van der Waals surface area contributed by atoms with Crippen molar-refractivity contribution in [3.05, 3.63) is 56.9 Å². The molecule has 30 heavy (non-hydrogen) atoms. The van der Waals surface area contributed by atoms with Crippen LogP contribution in [0.3, 0.4) is 0 Å². The number of hydrogen-bond acceptors (Lipinski definition) is 7. The third kappa shape index (κ3) is 5.59. The lowest BCUT2D eigenvalue weighted by molar-refractivity contribution is -0.0352. The zero-order valence-corrected chi connectivity index (χ0v) is 17.3. The van der Waals surface area contributed by atoms with Crippen molar-refractivity contribution in [2.45, 2.75) is 25.7 Å². The molecular formula is C18H23N2O9P. The van der Waals surface area contributed by atoms with Gasteiger partial charge in [-0.25, -0.2) is 9.36 Å². The minimum atomic E-state index is -4.70. The Bertz CT molecular complexity index is 1030. The minimum absolute atomic E-state index is 0.162. The van der Waals surface area contributed by atoms with Crippen LogP contribution >= 0.6 is 7.82 Å². The quantitative estimate of drug-likeness (QED) is 0.508. The van der Waals surface area contributed by atoms with Crippen molar-refractivity contribution in [2.75, 3.05) is 20.3 Å². The fraction of sp³-hybridized carbons (Fsp3) is 0.444. The number of rotatable bonds is 8. The molecule has 1 aromatic heterocycles. The zero-order chi connectivity index (χ0) is 21.9. The van der Waals surface area contributed by atoms with Crippen LogP contribution in [0, 0.1) is 12.8 Å². The number of phosphoric acid groups is 1. The normalized spacial score (nSPS) is 21.5. The molecule has 0 saturated carbocycles. The number of aryl methyl sites for hydroxylation is 1. The summed E-state index contributed by atoms with van der Waals surface area (Å²) in [6.45, 7) is 1.34. The first-order valence-corrected chi connectivity index (χ1v) is 10.6. The van der Waals surface area contributed by atoms with Crippen molar-refractivity contribution in [1.82, 2.24) is 9.55 Å². The second-order valence-electron chi connectivity index (χ2n) is 6.88. The van der Waals surface area contributed by atoms with Gasteiger partial charge in [-0.1, -0.05) is 0 Å². The Morgan fingerprint density at radius 1 is 1.20 bits per heavy atom. The molecule has 3 rings (SSSR count). The third-order valence-electron chi connectivity index (χ3n) is 4.75. The van der Waals surface area contributed by atoms with Gasteiger partial charge < -0.3 is 24.0 Å². The van der Waals surface area contributed by atoms with Gasteiger partial charge >= 0.3 is 13.5 Å². The van der Waals surface area contributed by atoms with Gasteiger partial charge in [0.1, 0.15) is 17.7 Å². The molecule has 0 spiro atoms. The van der Waals surface area contributed by atoms with Crippen LogP contribution in [0.15, 0.2) is 40.1 Å². The largest absolute Gasteiger partial charge is 0.497 e. The van der Waals surface area contributed by atoms with Crippen LogP contribution in [0.1, 0.15) is 18.2 Å². The van der Waals surface area contributed by atoms with Gasteiger partial charge in [0.05, 0.1) is 26.4 Å². The van der Waals surface area contributed by atoms with E-state index in [-0.39, 0.29) is 19.1 Å². The number of H-pyrrole nitrogens is 1. The van der Waals surface area contributed by atoms with E-state index in [1.54, 1.807) is 38.3 Å². The molecule has 1 saturated heterocycles. The molecule has 1 aliphatic rings. The molecule has 2 aromatic rings. The number of aromatic nitrogens is 2. The molecule has 12 heteroatoms. The number of aromatic amines is 1. The molecule has 3 atom stereocenters. The topological polar surface area (TPSA) is 149 Å². The highest BCUT2D eigenvalue weighted by atomic mass is 31.2. The maximum Gasteiger partial charge on any atom is 0.469 e. The molecular weight excluding hydrogens is 419 g/mol. The van der Waals surface area contributed by atoms with Gasteiger partial charge in [-0.3, -0.25) is 18.9 Å². The van der Waals surface area contributed by atoms with Crippen molar-refractivity contribution in [3.63, 3.8) is 0 Å². The number of hydrogen-bond donors (Lipinski definition) is 3. The first kappa shape index (κ1) is 22.3. The van der Waals surface area contributed by atoms with Crippen molar-refractivity contribution in [1.29, 1.82) is 0 Å². The summed E-state index contributed by atoms with van der Waals surface area (Å²) in [6.07, 6.45) is 0.221. The van der Waals surface area contributed by atoms with E-state index >= 15 is 0 Å². The highest BCUT2D eigenvalue weighted by molar-refractivity contribution is 7.46. The van der Waals surface area contributed by atoms with E-state index in [9.17, 15) is 14.2 Å². The zero-order valence-electron chi connectivity index (χ0n) is 16.4. The van der Waals surface area contributed by atoms with E-state index < -0.39 is 31.4 Å². The molecule has 2 heterocycles. The predicted molar refractivity (Wildman–Crippen MR) is 105 cm³/mol. The van der Waals surface area contributed by atoms with Crippen LogP contribution in [-0.2, 0) is 13.8 Å². The van der Waals surface area contributed by atoms with E-state index in [0.29, 0.717) is 23.5 Å². The SMILES string of the molecule is COc1ccc(OC[C@H]2C[C@H](n3cc(C)c(=O)[nH]c3=O)O[C@@H]2COP(=O)(O)O)cc1. The summed E-state index contributed by atoms with van der Waals surface area (Å²) >= 11 is 0. The third-order valence-corrected chi connectivity index (χ3v) is 5.23. The molecule has 0 radical (unpaired) electrons. The first-order chi connectivity index (χ1) is 14.2. The highest BCUT2D eigenvalue weighted by Crippen LogP contribution is 2.40. The fourth-order valence-corrected chi connectivity index (χ4v) is 3.50. The number of methoxy groups -OCH3 is 1. The Labute approximate surface area is 171 Å². The lowest BCUT2D eigenvalue weighted by Crippen LogP contribution is -2.33. The van der Waals surface area contributed by atoms with E-state index in [4.69, 9.17) is 24.0 Å². The van der Waals surface area contributed by atoms with Crippen molar-refractivity contribution in [2.24, 2.45) is 5.92 Å². The van der Waals surface area contributed by atoms with Gasteiger partial charge in [-0.15, -0.1) is 0 Å². The molecule has 1 fully saturated rings. The monoisotopic (exact) mass is 442 g/mol. The van der Waals surface area contributed by atoms with Crippen molar-refractivity contribution >= 4 is 7.82 Å². The molecule has 11 nitrogen and oxygen atoms in total. The van der Waals surface area contributed by atoms with Crippen LogP contribution in [-0.4, -0.2) is 45.8 Å². The molecule has 0 amide bonds. The smallest absolute Gasteiger partial charge is 0.469 e. The lowest BCUT2D eigenvalue weighted by Gasteiger charge is -2.19. The van der Waals surface area contributed by atoms with Crippen LogP contribution in [0.2, 0.25) is 0 Å². The summed E-state index contributed by atoms with van der Waals surface area (Å²) in [5, 5.41) is 0. The molecule has 1 aromatic carbocycles. The predicted octanol–water partition coefficient (Wildman–Crippen LogP) is 0.946. The van der Waals surface area contributed by atoms with Gasteiger partial charge in [0.25, 0.3) is 5.56 Å². The standard InChI is InChI=1S/C18H23N2O9P/c1-11-8-20(18(22)19-17(11)21)16-7-12(15(29-16)10-28-30(23,24)25)9-27-14-5-3-13(26-2)4-6-14/h3-6,8,12,15-16H,7,9-10H2,1-2H3,(H,19,21,22)(H2,23,24,25)/t12-,15-,16-/m1/s1. The van der Waals surface area contributed by atoms with Gasteiger partial charge in [-0.05, 0) is 31.2 Å². The molecule has 0 unspecified atom stereocenters. The maximum atomic E-state index is 12.2. The van der Waals surface area contributed by atoms with Crippen LogP contribution < -0.4 is 20.7 Å². The molecule has 0 bridgehead atoms. The van der Waals surface area contributed by atoms with Crippen LogP contribution in [0.25, 0.3) is 0 Å². The fourth-order valence-electron chi connectivity index (χ4n) is 3.15. The summed E-state index contributed by atoms with van der Waals surface area (Å²) in [4.78, 5) is 44.0. The second kappa shape index (κ2) is 9.15. The highest BCUT2D eigenvalue weighted by Gasteiger charge is 2.38. The number of ether oxygens (including phenoxy) is 3. The van der Waals surface area contributed by atoms with E-state index in [1.807, 2.05) is 0 Å². The second-order valence-corrected chi connectivity index (χ2v) is 8.12. The van der Waals surface area contributed by atoms with E-state index in [1.165, 1.54) is 10.8 Å². The Morgan fingerprint density at radius 3 is 2.50 bits per heavy atom. The van der Waals surface area contributed by atoms with Gasteiger partial charge in [0.2, 0.25) is 0 Å². The number of benzene rings is 1. The summed E-state index contributed by atoms with van der Waals surface area (Å²) in [7, 11) is -3.14. The van der Waals surface area contributed by atoms with Gasteiger partial charge in [0, 0.05) is 24.1 Å². The molecule has 3 N–H and O–H groups in total. The van der Waals surface area contributed by atoms with Gasteiger partial charge in [-0.2, -0.15) is 0 Å². The average molecular weight is 442 g/mol. The van der Waals surface area contributed by atoms with Gasteiger partial charge in [0.15, 0.2) is 0 Å². The van der Waals surface area contributed by atoms with Crippen LogP contribution in [0.5, 0.6) is 11.5 Å². The molecule has 164 valence electrons. The lowest BCUT2D eigenvalue weighted by atomic mass is 10.0. The van der Waals surface area contributed by atoms with Crippen LogP contribution in [0.4, 0.5) is 0 Å². The van der Waals surface area contributed by atoms with E-state index in [2.05, 4.69) is 9.51 Å². The molecule has 1 aliphatic heterocycles. The minimum Gasteiger partial charge on any atom is -0.497 e. The Kier molecular flexibility index (Phi) is 6.79.